The van der Waals surface area contributed by atoms with Crippen LogP contribution >= 0.6 is 23.2 Å². The summed E-state index contributed by atoms with van der Waals surface area (Å²) in [6, 6.07) is 9.57. The lowest BCUT2D eigenvalue weighted by molar-refractivity contribution is 0.102. The third kappa shape index (κ3) is 3.53. The summed E-state index contributed by atoms with van der Waals surface area (Å²) in [6.45, 7) is 0. The fourth-order valence-electron chi connectivity index (χ4n) is 1.68. The Bertz CT molecular complexity index is 789. The van der Waals surface area contributed by atoms with E-state index in [1.807, 2.05) is 0 Å². The van der Waals surface area contributed by atoms with E-state index in [9.17, 15) is 17.1 Å². The van der Waals surface area contributed by atoms with Crippen molar-refractivity contribution in [2.45, 2.75) is 4.90 Å². The number of para-hydroxylation sites is 1. The first kappa shape index (κ1) is 15.8. The lowest BCUT2D eigenvalue weighted by Crippen LogP contribution is -2.15. The Hall–Kier alpha value is -1.63. The lowest BCUT2D eigenvalue weighted by Gasteiger charge is -2.10. The molecule has 0 bridgehead atoms. The molecule has 0 aliphatic carbocycles. The molecule has 0 heterocycles. The van der Waals surface area contributed by atoms with Crippen LogP contribution < -0.4 is 5.32 Å². The maximum absolute atomic E-state index is 13.2. The number of halogens is 3. The highest BCUT2D eigenvalue weighted by Gasteiger charge is 2.20. The monoisotopic (exact) mass is 347 g/mol. The number of hydrogen-bond acceptors (Lipinski definition) is 3. The Morgan fingerprint density at radius 1 is 1.00 bits per heavy atom. The van der Waals surface area contributed by atoms with Crippen LogP contribution in [0.4, 0.5) is 9.57 Å². The van der Waals surface area contributed by atoms with E-state index in [0.717, 1.165) is 6.07 Å². The fraction of sp³-hybridized carbons (Fsp3) is 0. The molecule has 0 atom stereocenters. The average Bonchev–Trinajstić information content (AvgIpc) is 2.37. The van der Waals surface area contributed by atoms with Crippen LogP contribution in [0.1, 0.15) is 10.4 Å². The zero-order valence-electron chi connectivity index (χ0n) is 10.3. The Morgan fingerprint density at radius 2 is 1.57 bits per heavy atom. The molecule has 0 radical (unpaired) electrons. The van der Waals surface area contributed by atoms with Crippen LogP contribution in [0.3, 0.4) is 0 Å². The zero-order chi connectivity index (χ0) is 15.6. The van der Waals surface area contributed by atoms with E-state index in [1.165, 1.54) is 30.3 Å². The standard InChI is InChI=1S/C13H8Cl2FNO3S/c14-8-4-3-5-9(15)12(8)13(18)17-10-6-1-2-7-11(10)21(16,19)20/h1-7H,(H,17,18). The van der Waals surface area contributed by atoms with Gasteiger partial charge in [-0.1, -0.05) is 41.4 Å². The number of carbonyl (C=O) groups excluding carboxylic acids is 1. The maximum atomic E-state index is 13.2. The Labute approximate surface area is 130 Å². The van der Waals surface area contributed by atoms with Gasteiger partial charge >= 0.3 is 10.2 Å². The predicted molar refractivity (Wildman–Crippen MR) is 79.2 cm³/mol. The summed E-state index contributed by atoms with van der Waals surface area (Å²) in [6.07, 6.45) is 0. The molecule has 0 aliphatic heterocycles. The van der Waals surface area contributed by atoms with E-state index >= 15 is 0 Å². The van der Waals surface area contributed by atoms with Crippen LogP contribution in [-0.4, -0.2) is 14.3 Å². The van der Waals surface area contributed by atoms with E-state index in [2.05, 4.69) is 5.32 Å². The minimum Gasteiger partial charge on any atom is -0.321 e. The van der Waals surface area contributed by atoms with Crippen molar-refractivity contribution in [2.75, 3.05) is 5.32 Å². The molecule has 8 heteroatoms. The number of hydrogen-bond donors (Lipinski definition) is 1. The summed E-state index contributed by atoms with van der Waals surface area (Å²) in [7, 11) is -4.96. The number of benzene rings is 2. The van der Waals surface area contributed by atoms with Gasteiger partial charge < -0.3 is 5.32 Å². The van der Waals surface area contributed by atoms with Crippen molar-refractivity contribution in [1.82, 2.24) is 0 Å². The molecule has 1 amide bonds. The van der Waals surface area contributed by atoms with Crippen molar-refractivity contribution in [2.24, 2.45) is 0 Å². The molecule has 0 saturated carbocycles. The first-order valence-corrected chi connectivity index (χ1v) is 7.73. The van der Waals surface area contributed by atoms with Gasteiger partial charge in [-0.05, 0) is 24.3 Å². The largest absolute Gasteiger partial charge is 0.334 e. The third-order valence-corrected chi connectivity index (χ3v) is 4.10. The van der Waals surface area contributed by atoms with Gasteiger partial charge in [-0.3, -0.25) is 4.79 Å². The summed E-state index contributed by atoms with van der Waals surface area (Å²) in [4.78, 5) is 11.5. The first-order valence-electron chi connectivity index (χ1n) is 5.60. The Morgan fingerprint density at radius 3 is 2.14 bits per heavy atom. The highest BCUT2D eigenvalue weighted by atomic mass is 35.5. The second kappa shape index (κ2) is 6.01. The summed E-state index contributed by atoms with van der Waals surface area (Å²) in [5.74, 6) is -0.735. The third-order valence-electron chi connectivity index (χ3n) is 2.59. The van der Waals surface area contributed by atoms with Crippen LogP contribution in [-0.2, 0) is 10.2 Å². The van der Waals surface area contributed by atoms with Gasteiger partial charge in [0.05, 0.1) is 21.3 Å². The van der Waals surface area contributed by atoms with Gasteiger partial charge in [-0.15, -0.1) is 3.89 Å². The van der Waals surface area contributed by atoms with Crippen LogP contribution in [0.5, 0.6) is 0 Å². The highest BCUT2D eigenvalue weighted by Crippen LogP contribution is 2.27. The van der Waals surface area contributed by atoms with Gasteiger partial charge in [-0.25, -0.2) is 0 Å². The SMILES string of the molecule is O=C(Nc1ccccc1S(=O)(=O)F)c1c(Cl)cccc1Cl. The van der Waals surface area contributed by atoms with Crippen molar-refractivity contribution >= 4 is 45.0 Å². The van der Waals surface area contributed by atoms with Crippen LogP contribution in [0.15, 0.2) is 47.4 Å². The molecule has 0 unspecified atom stereocenters. The highest BCUT2D eigenvalue weighted by molar-refractivity contribution is 7.86. The van der Waals surface area contributed by atoms with Gasteiger partial charge in [0, 0.05) is 0 Å². The smallest absolute Gasteiger partial charge is 0.321 e. The molecule has 2 aromatic carbocycles. The van der Waals surface area contributed by atoms with Crippen LogP contribution in [0.2, 0.25) is 10.0 Å². The van der Waals surface area contributed by atoms with E-state index in [0.29, 0.717) is 0 Å². The second-order valence-electron chi connectivity index (χ2n) is 3.98. The van der Waals surface area contributed by atoms with E-state index in [-0.39, 0.29) is 21.3 Å². The molecular weight excluding hydrogens is 340 g/mol. The predicted octanol–water partition coefficient (Wildman–Crippen LogP) is 3.90. The molecular formula is C13H8Cl2FNO3S. The Kier molecular flexibility index (Phi) is 4.51. The van der Waals surface area contributed by atoms with E-state index < -0.39 is 21.0 Å². The molecule has 0 aliphatic rings. The molecule has 1 N–H and O–H groups in total. The minimum absolute atomic E-state index is 0.0214. The molecule has 21 heavy (non-hydrogen) atoms. The number of rotatable bonds is 3. The molecule has 0 fully saturated rings. The number of carbonyl (C=O) groups is 1. The lowest BCUT2D eigenvalue weighted by atomic mass is 10.2. The number of anilines is 1. The molecule has 0 spiro atoms. The average molecular weight is 348 g/mol. The van der Waals surface area contributed by atoms with Gasteiger partial charge in [0.1, 0.15) is 4.90 Å². The van der Waals surface area contributed by atoms with Crippen molar-refractivity contribution in [3.05, 3.63) is 58.1 Å². The minimum atomic E-state index is -4.96. The van der Waals surface area contributed by atoms with Crippen LogP contribution in [0.25, 0.3) is 0 Å². The zero-order valence-corrected chi connectivity index (χ0v) is 12.6. The molecule has 110 valence electrons. The molecule has 2 rings (SSSR count). The van der Waals surface area contributed by atoms with E-state index in [4.69, 9.17) is 23.2 Å². The summed E-state index contributed by atoms with van der Waals surface area (Å²) < 4.78 is 35.2. The Balaban J connectivity index is 2.42. The van der Waals surface area contributed by atoms with E-state index in [1.54, 1.807) is 6.07 Å². The normalized spacial score (nSPS) is 11.2. The van der Waals surface area contributed by atoms with Crippen molar-refractivity contribution < 1.29 is 17.1 Å². The summed E-state index contributed by atoms with van der Waals surface area (Å²) >= 11 is 11.8. The molecule has 4 nitrogen and oxygen atoms in total. The molecule has 2 aromatic rings. The van der Waals surface area contributed by atoms with Crippen molar-refractivity contribution in [3.63, 3.8) is 0 Å². The second-order valence-corrected chi connectivity index (χ2v) is 6.11. The molecule has 0 saturated heterocycles. The fourth-order valence-corrected chi connectivity index (χ4v) is 2.87. The van der Waals surface area contributed by atoms with Crippen molar-refractivity contribution in [1.29, 1.82) is 0 Å². The molecule has 0 aromatic heterocycles. The van der Waals surface area contributed by atoms with Gasteiger partial charge in [-0.2, -0.15) is 8.42 Å². The van der Waals surface area contributed by atoms with Gasteiger partial charge in [0.25, 0.3) is 5.91 Å². The first-order chi connectivity index (χ1) is 9.80. The van der Waals surface area contributed by atoms with Gasteiger partial charge in [0.2, 0.25) is 0 Å². The topological polar surface area (TPSA) is 63.2 Å². The van der Waals surface area contributed by atoms with Crippen molar-refractivity contribution in [3.8, 4) is 0 Å². The van der Waals surface area contributed by atoms with Crippen LogP contribution in [0, 0.1) is 0 Å². The maximum Gasteiger partial charge on any atom is 0.334 e. The summed E-state index contributed by atoms with van der Waals surface area (Å²) in [5.41, 5.74) is -0.215. The number of amides is 1. The van der Waals surface area contributed by atoms with Gasteiger partial charge in [0.15, 0.2) is 0 Å². The summed E-state index contributed by atoms with van der Waals surface area (Å²) in [5, 5.41) is 2.48. The number of nitrogens with one attached hydrogen (secondary N) is 1. The quantitative estimate of drug-likeness (QED) is 0.856.